The highest BCUT2D eigenvalue weighted by atomic mass is 32.1. The maximum atomic E-state index is 13.0. The molecule has 4 rings (SSSR count). The zero-order chi connectivity index (χ0) is 16.7. The molecule has 6 heteroatoms. The monoisotopic (exact) mass is 337 g/mol. The van der Waals surface area contributed by atoms with Crippen molar-refractivity contribution < 1.29 is 4.39 Å². The first kappa shape index (κ1) is 14.7. The predicted molar refractivity (Wildman–Crippen MR) is 92.5 cm³/mol. The van der Waals surface area contributed by atoms with Crippen molar-refractivity contribution >= 4 is 22.4 Å². The smallest absolute Gasteiger partial charge is 0.266 e. The molecule has 0 radical (unpaired) electrons. The van der Waals surface area contributed by atoms with Crippen LogP contribution in [0.15, 0.2) is 53.3 Å². The van der Waals surface area contributed by atoms with Crippen LogP contribution in [-0.4, -0.2) is 14.6 Å². The van der Waals surface area contributed by atoms with Gasteiger partial charge in [0.2, 0.25) is 4.96 Å². The largest absolute Gasteiger partial charge is 0.291 e. The fraction of sp³-hybridized carbons (Fsp3) is 0.0556. The van der Waals surface area contributed by atoms with Gasteiger partial charge in [-0.2, -0.15) is 9.50 Å². The molecule has 0 N–H and O–H groups in total. The van der Waals surface area contributed by atoms with E-state index in [1.807, 2.05) is 37.3 Å². The lowest BCUT2D eigenvalue weighted by Gasteiger charge is -1.93. The quantitative estimate of drug-likeness (QED) is 0.565. The highest BCUT2D eigenvalue weighted by Gasteiger charge is 2.11. The fourth-order valence-electron chi connectivity index (χ4n) is 2.37. The van der Waals surface area contributed by atoms with Gasteiger partial charge in [-0.15, -0.1) is 5.10 Å². The van der Waals surface area contributed by atoms with E-state index < -0.39 is 0 Å². The van der Waals surface area contributed by atoms with Crippen molar-refractivity contribution in [1.29, 1.82) is 0 Å². The molecule has 0 atom stereocenters. The minimum atomic E-state index is -0.320. The van der Waals surface area contributed by atoms with Gasteiger partial charge in [-0.3, -0.25) is 4.79 Å². The zero-order valence-corrected chi connectivity index (χ0v) is 13.5. The molecule has 4 nitrogen and oxygen atoms in total. The topological polar surface area (TPSA) is 47.3 Å². The molecule has 0 amide bonds. The number of fused-ring (bicyclic) bond motifs is 1. The molecule has 2 heterocycles. The van der Waals surface area contributed by atoms with Gasteiger partial charge in [-0.25, -0.2) is 4.39 Å². The molecule has 4 aromatic rings. The minimum absolute atomic E-state index is 0.198. The van der Waals surface area contributed by atoms with Gasteiger partial charge < -0.3 is 0 Å². The van der Waals surface area contributed by atoms with Crippen LogP contribution in [0.4, 0.5) is 4.39 Å². The van der Waals surface area contributed by atoms with Crippen LogP contribution >= 0.6 is 11.3 Å². The summed E-state index contributed by atoms with van der Waals surface area (Å²) < 4.78 is 14.9. The number of aromatic nitrogens is 3. The third-order valence-electron chi connectivity index (χ3n) is 3.66. The average Bonchev–Trinajstić information content (AvgIpc) is 3.11. The van der Waals surface area contributed by atoms with E-state index >= 15 is 0 Å². The van der Waals surface area contributed by atoms with Gasteiger partial charge in [-0.1, -0.05) is 41.2 Å². The molecule has 2 aromatic carbocycles. The number of hydrogen-bond donors (Lipinski definition) is 0. The van der Waals surface area contributed by atoms with E-state index in [4.69, 9.17) is 0 Å². The van der Waals surface area contributed by atoms with Crippen molar-refractivity contribution in [3.05, 3.63) is 80.4 Å². The molecule has 2 aromatic heterocycles. The Morgan fingerprint density at radius 2 is 1.79 bits per heavy atom. The Hall–Kier alpha value is -2.86. The summed E-state index contributed by atoms with van der Waals surface area (Å²) in [5, 5.41) is 4.25. The van der Waals surface area contributed by atoms with E-state index in [1.165, 1.54) is 33.5 Å². The van der Waals surface area contributed by atoms with Crippen LogP contribution in [0.2, 0.25) is 0 Å². The van der Waals surface area contributed by atoms with Crippen molar-refractivity contribution in [3.63, 3.8) is 0 Å². The number of aryl methyl sites for hydroxylation is 1. The Morgan fingerprint density at radius 1 is 1.08 bits per heavy atom. The number of halogens is 1. The van der Waals surface area contributed by atoms with Crippen molar-refractivity contribution in [1.82, 2.24) is 14.6 Å². The van der Waals surface area contributed by atoms with E-state index in [0.29, 0.717) is 20.9 Å². The van der Waals surface area contributed by atoms with Crippen LogP contribution in [0.1, 0.15) is 11.1 Å². The Morgan fingerprint density at radius 3 is 2.46 bits per heavy atom. The van der Waals surface area contributed by atoms with Crippen molar-refractivity contribution in [2.24, 2.45) is 0 Å². The van der Waals surface area contributed by atoms with Gasteiger partial charge in [0.15, 0.2) is 5.82 Å². The molecule has 0 bridgehead atoms. The molecule has 0 unspecified atom stereocenters. The second kappa shape index (κ2) is 5.65. The summed E-state index contributed by atoms with van der Waals surface area (Å²) >= 11 is 1.29. The van der Waals surface area contributed by atoms with E-state index in [0.717, 1.165) is 5.56 Å². The molecule has 118 valence electrons. The molecule has 24 heavy (non-hydrogen) atoms. The number of nitrogens with zero attached hydrogens (tertiary/aromatic N) is 3. The van der Waals surface area contributed by atoms with Crippen molar-refractivity contribution in [3.8, 4) is 11.4 Å². The average molecular weight is 337 g/mol. The Labute approximate surface area is 140 Å². The normalized spacial score (nSPS) is 12.2. The summed E-state index contributed by atoms with van der Waals surface area (Å²) in [4.78, 5) is 17.4. The summed E-state index contributed by atoms with van der Waals surface area (Å²) in [7, 11) is 0. The molecule has 0 aliphatic rings. The van der Waals surface area contributed by atoms with Gasteiger partial charge in [0.05, 0.1) is 4.53 Å². The highest BCUT2D eigenvalue weighted by Crippen LogP contribution is 2.16. The molecular weight excluding hydrogens is 325 g/mol. The maximum absolute atomic E-state index is 13.0. The Bertz CT molecular complexity index is 1130. The van der Waals surface area contributed by atoms with E-state index in [-0.39, 0.29) is 11.4 Å². The van der Waals surface area contributed by atoms with Crippen LogP contribution in [0.5, 0.6) is 0 Å². The van der Waals surface area contributed by atoms with Crippen LogP contribution in [0, 0.1) is 12.7 Å². The fourth-order valence-corrected chi connectivity index (χ4v) is 3.28. The van der Waals surface area contributed by atoms with Crippen LogP contribution < -0.4 is 10.1 Å². The highest BCUT2D eigenvalue weighted by molar-refractivity contribution is 7.15. The summed E-state index contributed by atoms with van der Waals surface area (Å²) in [5.41, 5.74) is 2.61. The standard InChI is InChI=1S/C18H12FN3OS/c1-11-2-4-12(5-3-11)10-15-17(23)22-18(24-15)20-16(21-22)13-6-8-14(19)9-7-13/h2-10H,1H3. The lowest BCUT2D eigenvalue weighted by Crippen LogP contribution is -2.23. The first-order chi connectivity index (χ1) is 11.6. The zero-order valence-electron chi connectivity index (χ0n) is 12.7. The van der Waals surface area contributed by atoms with E-state index in [9.17, 15) is 9.18 Å². The minimum Gasteiger partial charge on any atom is -0.266 e. The molecule has 0 aliphatic carbocycles. The molecule has 0 saturated heterocycles. The van der Waals surface area contributed by atoms with Gasteiger partial charge in [0, 0.05) is 5.56 Å². The van der Waals surface area contributed by atoms with Gasteiger partial charge in [0.25, 0.3) is 5.56 Å². The first-order valence-corrected chi connectivity index (χ1v) is 8.16. The van der Waals surface area contributed by atoms with Crippen molar-refractivity contribution in [2.45, 2.75) is 6.92 Å². The molecular formula is C18H12FN3OS. The maximum Gasteiger partial charge on any atom is 0.291 e. The second-order valence-electron chi connectivity index (χ2n) is 5.46. The molecule has 0 spiro atoms. The Kier molecular flexibility index (Phi) is 3.46. The summed E-state index contributed by atoms with van der Waals surface area (Å²) in [6.07, 6.45) is 1.83. The molecule has 0 saturated carbocycles. The number of hydrogen-bond acceptors (Lipinski definition) is 4. The molecule has 0 aliphatic heterocycles. The number of rotatable bonds is 2. The third-order valence-corrected chi connectivity index (χ3v) is 4.62. The second-order valence-corrected chi connectivity index (χ2v) is 6.47. The molecule has 0 fully saturated rings. The van der Waals surface area contributed by atoms with Crippen LogP contribution in [0.3, 0.4) is 0 Å². The van der Waals surface area contributed by atoms with Crippen LogP contribution in [0.25, 0.3) is 22.4 Å². The summed E-state index contributed by atoms with van der Waals surface area (Å²) in [6.45, 7) is 2.02. The van der Waals surface area contributed by atoms with Gasteiger partial charge >= 0.3 is 0 Å². The third kappa shape index (κ3) is 2.61. The predicted octanol–water partition coefficient (Wildman–Crippen LogP) is 2.81. The van der Waals surface area contributed by atoms with Gasteiger partial charge in [-0.05, 0) is 42.8 Å². The van der Waals surface area contributed by atoms with E-state index in [1.54, 1.807) is 12.1 Å². The van der Waals surface area contributed by atoms with E-state index in [2.05, 4.69) is 10.1 Å². The lowest BCUT2D eigenvalue weighted by molar-refractivity contribution is 0.628. The van der Waals surface area contributed by atoms with Crippen LogP contribution in [-0.2, 0) is 0 Å². The summed E-state index contributed by atoms with van der Waals surface area (Å²) in [6, 6.07) is 13.8. The number of thiazole rings is 1. The SMILES string of the molecule is Cc1ccc(C=c2sc3nc(-c4ccc(F)cc4)nn3c2=O)cc1. The van der Waals surface area contributed by atoms with Crippen molar-refractivity contribution in [2.75, 3.05) is 0 Å². The lowest BCUT2D eigenvalue weighted by atomic mass is 10.1. The first-order valence-electron chi connectivity index (χ1n) is 7.34. The Balaban J connectivity index is 1.79. The summed E-state index contributed by atoms with van der Waals surface area (Å²) in [5.74, 6) is 0.0968. The number of benzene rings is 2. The van der Waals surface area contributed by atoms with Gasteiger partial charge in [0.1, 0.15) is 5.82 Å².